The first-order valence-electron chi connectivity index (χ1n) is 10.5. The second kappa shape index (κ2) is 10.8. The number of halogens is 1. The van der Waals surface area contributed by atoms with Gasteiger partial charge in [0.25, 0.3) is 10.0 Å². The molecule has 0 aliphatic rings. The number of nitrogens with one attached hydrogen (secondary N) is 1. The SMILES string of the molecule is COc1ccccc1[C@@H](C)NC(=O)CN(c1cc(Cl)ccc1OC)S(=O)(=O)c1ccc(C)cc1. The second-order valence-electron chi connectivity index (χ2n) is 7.67. The average molecular weight is 503 g/mol. The van der Waals surface area contributed by atoms with Crippen LogP contribution in [0.1, 0.15) is 24.1 Å². The predicted molar refractivity (Wildman–Crippen MR) is 133 cm³/mol. The maximum atomic E-state index is 13.6. The van der Waals surface area contributed by atoms with Crippen molar-refractivity contribution in [2.24, 2.45) is 0 Å². The molecule has 0 radical (unpaired) electrons. The fraction of sp³-hybridized carbons (Fsp3) is 0.240. The molecule has 0 aliphatic carbocycles. The van der Waals surface area contributed by atoms with Crippen molar-refractivity contribution >= 4 is 33.2 Å². The van der Waals surface area contributed by atoms with E-state index in [2.05, 4.69) is 5.32 Å². The number of methoxy groups -OCH3 is 2. The monoisotopic (exact) mass is 502 g/mol. The second-order valence-corrected chi connectivity index (χ2v) is 9.97. The lowest BCUT2D eigenvalue weighted by Crippen LogP contribution is -2.41. The van der Waals surface area contributed by atoms with Crippen LogP contribution in [-0.4, -0.2) is 35.1 Å². The highest BCUT2D eigenvalue weighted by atomic mass is 35.5. The van der Waals surface area contributed by atoms with Gasteiger partial charge in [0, 0.05) is 10.6 Å². The summed E-state index contributed by atoms with van der Waals surface area (Å²) in [5.41, 5.74) is 1.84. The molecule has 0 unspecified atom stereocenters. The molecule has 0 saturated heterocycles. The van der Waals surface area contributed by atoms with Crippen LogP contribution in [0.25, 0.3) is 0 Å². The number of sulfonamides is 1. The quantitative estimate of drug-likeness (QED) is 0.457. The molecule has 9 heteroatoms. The number of carbonyl (C=O) groups is 1. The van der Waals surface area contributed by atoms with E-state index in [1.165, 1.54) is 25.3 Å². The minimum atomic E-state index is -4.12. The predicted octanol–water partition coefficient (Wildman–Crippen LogP) is 4.74. The molecule has 1 amide bonds. The van der Waals surface area contributed by atoms with Gasteiger partial charge in [0.2, 0.25) is 5.91 Å². The number of aryl methyl sites for hydroxylation is 1. The zero-order valence-electron chi connectivity index (χ0n) is 19.4. The molecule has 0 spiro atoms. The van der Waals surface area contributed by atoms with Crippen LogP contribution in [0.2, 0.25) is 5.02 Å². The van der Waals surface area contributed by atoms with Crippen molar-refractivity contribution in [2.75, 3.05) is 25.1 Å². The van der Waals surface area contributed by atoms with Gasteiger partial charge in [-0.15, -0.1) is 0 Å². The number of hydrogen-bond donors (Lipinski definition) is 1. The van der Waals surface area contributed by atoms with Crippen molar-refractivity contribution in [1.82, 2.24) is 5.32 Å². The van der Waals surface area contributed by atoms with Gasteiger partial charge in [-0.1, -0.05) is 47.5 Å². The summed E-state index contributed by atoms with van der Waals surface area (Å²) in [6.45, 7) is 3.18. The van der Waals surface area contributed by atoms with E-state index in [-0.39, 0.29) is 16.3 Å². The highest BCUT2D eigenvalue weighted by molar-refractivity contribution is 7.92. The lowest BCUT2D eigenvalue weighted by Gasteiger charge is -2.27. The van der Waals surface area contributed by atoms with E-state index < -0.39 is 28.5 Å². The minimum absolute atomic E-state index is 0.0469. The first-order chi connectivity index (χ1) is 16.2. The Morgan fingerprint density at radius 1 is 1.00 bits per heavy atom. The number of amides is 1. The molecule has 0 aliphatic heterocycles. The number of hydrogen-bond acceptors (Lipinski definition) is 5. The van der Waals surface area contributed by atoms with E-state index in [1.807, 2.05) is 25.1 Å². The topological polar surface area (TPSA) is 84.9 Å². The Morgan fingerprint density at radius 2 is 1.65 bits per heavy atom. The molecule has 0 bridgehead atoms. The molecule has 0 aromatic heterocycles. The number of para-hydroxylation sites is 1. The Kier molecular flexibility index (Phi) is 8.06. The van der Waals surface area contributed by atoms with E-state index in [0.29, 0.717) is 10.8 Å². The molecule has 0 saturated carbocycles. The Balaban J connectivity index is 1.98. The molecule has 3 aromatic rings. The summed E-state index contributed by atoms with van der Waals surface area (Å²) in [4.78, 5) is 13.1. The van der Waals surface area contributed by atoms with Crippen LogP contribution in [0.15, 0.2) is 71.6 Å². The largest absolute Gasteiger partial charge is 0.496 e. The number of benzene rings is 3. The maximum absolute atomic E-state index is 13.6. The third-order valence-electron chi connectivity index (χ3n) is 5.29. The summed E-state index contributed by atoms with van der Waals surface area (Å²) in [6, 6.07) is 17.9. The third-order valence-corrected chi connectivity index (χ3v) is 7.30. The van der Waals surface area contributed by atoms with Gasteiger partial charge in [0.05, 0.1) is 30.8 Å². The Hall–Kier alpha value is -3.23. The molecule has 34 heavy (non-hydrogen) atoms. The van der Waals surface area contributed by atoms with Gasteiger partial charge in [0.15, 0.2) is 0 Å². The molecule has 180 valence electrons. The van der Waals surface area contributed by atoms with Crippen LogP contribution >= 0.6 is 11.6 Å². The molecule has 3 aromatic carbocycles. The van der Waals surface area contributed by atoms with Gasteiger partial charge in [-0.05, 0) is 50.2 Å². The third kappa shape index (κ3) is 5.63. The highest BCUT2D eigenvalue weighted by Gasteiger charge is 2.30. The van der Waals surface area contributed by atoms with Crippen LogP contribution in [0.5, 0.6) is 11.5 Å². The van der Waals surface area contributed by atoms with E-state index in [0.717, 1.165) is 15.4 Å². The lowest BCUT2D eigenvalue weighted by atomic mass is 10.1. The first-order valence-corrected chi connectivity index (χ1v) is 12.3. The minimum Gasteiger partial charge on any atom is -0.496 e. The van der Waals surface area contributed by atoms with E-state index in [1.54, 1.807) is 44.4 Å². The number of anilines is 1. The molecule has 1 atom stereocenters. The molecular formula is C25H27ClN2O5S. The highest BCUT2D eigenvalue weighted by Crippen LogP contribution is 2.35. The summed E-state index contributed by atoms with van der Waals surface area (Å²) < 4.78 is 39.0. The summed E-state index contributed by atoms with van der Waals surface area (Å²) >= 11 is 6.18. The molecule has 7 nitrogen and oxygen atoms in total. The summed E-state index contributed by atoms with van der Waals surface area (Å²) in [5.74, 6) is 0.387. The van der Waals surface area contributed by atoms with Crippen LogP contribution < -0.4 is 19.1 Å². The van der Waals surface area contributed by atoms with Gasteiger partial charge in [0.1, 0.15) is 18.0 Å². The Labute approximate surface area is 205 Å². The smallest absolute Gasteiger partial charge is 0.264 e. The van der Waals surface area contributed by atoms with Crippen molar-refractivity contribution in [3.63, 3.8) is 0 Å². The van der Waals surface area contributed by atoms with Crippen LogP contribution in [-0.2, 0) is 14.8 Å². The zero-order chi connectivity index (χ0) is 24.9. The fourth-order valence-electron chi connectivity index (χ4n) is 3.51. The molecular weight excluding hydrogens is 476 g/mol. The van der Waals surface area contributed by atoms with Crippen molar-refractivity contribution in [3.05, 3.63) is 82.9 Å². The zero-order valence-corrected chi connectivity index (χ0v) is 21.0. The van der Waals surface area contributed by atoms with Crippen molar-refractivity contribution < 1.29 is 22.7 Å². The molecule has 0 heterocycles. The van der Waals surface area contributed by atoms with Gasteiger partial charge in [-0.3, -0.25) is 9.10 Å². The van der Waals surface area contributed by atoms with Crippen molar-refractivity contribution in [3.8, 4) is 11.5 Å². The summed E-state index contributed by atoms with van der Waals surface area (Å²) in [6.07, 6.45) is 0. The van der Waals surface area contributed by atoms with Crippen molar-refractivity contribution in [1.29, 1.82) is 0 Å². The van der Waals surface area contributed by atoms with Crippen LogP contribution in [0.4, 0.5) is 5.69 Å². The summed E-state index contributed by atoms with van der Waals surface area (Å²) in [7, 11) is -1.15. The maximum Gasteiger partial charge on any atom is 0.264 e. The normalized spacial score (nSPS) is 12.0. The number of nitrogens with zero attached hydrogens (tertiary/aromatic N) is 1. The fourth-order valence-corrected chi connectivity index (χ4v) is 5.10. The van der Waals surface area contributed by atoms with Crippen LogP contribution in [0, 0.1) is 6.92 Å². The Bertz CT molecular complexity index is 1260. The van der Waals surface area contributed by atoms with Gasteiger partial charge >= 0.3 is 0 Å². The lowest BCUT2D eigenvalue weighted by molar-refractivity contribution is -0.120. The van der Waals surface area contributed by atoms with Crippen molar-refractivity contribution in [2.45, 2.75) is 24.8 Å². The van der Waals surface area contributed by atoms with Crippen LogP contribution in [0.3, 0.4) is 0 Å². The Morgan fingerprint density at radius 3 is 2.29 bits per heavy atom. The summed E-state index contributed by atoms with van der Waals surface area (Å²) in [5, 5.41) is 3.17. The molecule has 0 fully saturated rings. The van der Waals surface area contributed by atoms with E-state index in [4.69, 9.17) is 21.1 Å². The standard InChI is InChI=1S/C25H27ClN2O5S/c1-17-9-12-20(13-10-17)34(30,31)28(22-15-19(26)11-14-24(22)33-4)16-25(29)27-18(2)21-7-5-6-8-23(21)32-3/h5-15,18H,16H2,1-4H3,(H,27,29)/t18-/m1/s1. The number of carbonyl (C=O) groups excluding carboxylic acids is 1. The number of rotatable bonds is 9. The average Bonchev–Trinajstić information content (AvgIpc) is 2.82. The van der Waals surface area contributed by atoms with Gasteiger partial charge < -0.3 is 14.8 Å². The van der Waals surface area contributed by atoms with E-state index in [9.17, 15) is 13.2 Å². The van der Waals surface area contributed by atoms with Gasteiger partial charge in [-0.25, -0.2) is 8.42 Å². The first kappa shape index (κ1) is 25.4. The van der Waals surface area contributed by atoms with E-state index >= 15 is 0 Å². The van der Waals surface area contributed by atoms with Gasteiger partial charge in [-0.2, -0.15) is 0 Å². The molecule has 1 N–H and O–H groups in total. The number of ether oxygens (including phenoxy) is 2. The molecule has 3 rings (SSSR count).